The number of nitrogens with zero attached hydrogens (tertiary/aromatic N) is 3. The van der Waals surface area contributed by atoms with Gasteiger partial charge in [0.1, 0.15) is 5.82 Å². The van der Waals surface area contributed by atoms with Gasteiger partial charge < -0.3 is 9.73 Å². The number of rotatable bonds is 5. The number of benzene rings is 2. The normalized spacial score (nSPS) is 15.7. The van der Waals surface area contributed by atoms with Crippen molar-refractivity contribution in [3.05, 3.63) is 60.2 Å². The second kappa shape index (κ2) is 8.56. The van der Waals surface area contributed by atoms with E-state index in [1.807, 2.05) is 0 Å². The molecule has 1 aliphatic rings. The third-order valence-electron chi connectivity index (χ3n) is 5.16. The van der Waals surface area contributed by atoms with Crippen molar-refractivity contribution in [3.63, 3.8) is 0 Å². The molecule has 0 unspecified atom stereocenters. The van der Waals surface area contributed by atoms with Gasteiger partial charge in [0.2, 0.25) is 21.8 Å². The maximum atomic E-state index is 13.9. The minimum absolute atomic E-state index is 0.0957. The lowest BCUT2D eigenvalue weighted by Gasteiger charge is -2.29. The molecule has 1 N–H and O–H groups in total. The van der Waals surface area contributed by atoms with Crippen LogP contribution in [0.3, 0.4) is 0 Å². The number of nitrogens with one attached hydrogen (secondary N) is 1. The number of aromatic nitrogens is 2. The Bertz CT molecular complexity index is 1190. The smallest absolute Gasteiger partial charge is 0.250 e. The molecule has 1 amide bonds. The van der Waals surface area contributed by atoms with Crippen LogP contribution in [-0.2, 0) is 14.8 Å². The molecule has 2 aromatic carbocycles. The lowest BCUT2D eigenvalue weighted by atomic mass is 9.98. The van der Waals surface area contributed by atoms with E-state index in [2.05, 4.69) is 15.5 Å². The molecule has 0 atom stereocenters. The predicted molar refractivity (Wildman–Crippen MR) is 111 cm³/mol. The average Bonchev–Trinajstić information content (AvgIpc) is 3.24. The Labute approximate surface area is 179 Å². The number of hydrogen-bond donors (Lipinski definition) is 1. The third kappa shape index (κ3) is 4.49. The van der Waals surface area contributed by atoms with Gasteiger partial charge in [0, 0.05) is 31.6 Å². The SMILES string of the molecule is CC(=O)Nc1ccc(S(=O)(=O)N2CCC(c3nnc(-c4ccccc4F)o3)CC2)cc1. The Hall–Kier alpha value is -3.11. The van der Waals surface area contributed by atoms with Crippen molar-refractivity contribution in [3.8, 4) is 11.5 Å². The van der Waals surface area contributed by atoms with E-state index < -0.39 is 15.8 Å². The summed E-state index contributed by atoms with van der Waals surface area (Å²) in [6, 6.07) is 12.2. The molecule has 0 radical (unpaired) electrons. The lowest BCUT2D eigenvalue weighted by Crippen LogP contribution is -2.37. The number of carbonyl (C=O) groups is 1. The van der Waals surface area contributed by atoms with Crippen LogP contribution in [0, 0.1) is 5.82 Å². The molecule has 0 saturated carbocycles. The zero-order valence-corrected chi connectivity index (χ0v) is 17.6. The minimum Gasteiger partial charge on any atom is -0.420 e. The fourth-order valence-electron chi connectivity index (χ4n) is 3.55. The van der Waals surface area contributed by atoms with Crippen LogP contribution in [-0.4, -0.2) is 41.9 Å². The Morgan fingerprint density at radius 2 is 1.77 bits per heavy atom. The van der Waals surface area contributed by atoms with Crippen molar-refractivity contribution in [1.82, 2.24) is 14.5 Å². The van der Waals surface area contributed by atoms with Gasteiger partial charge in [-0.05, 0) is 49.2 Å². The third-order valence-corrected chi connectivity index (χ3v) is 7.07. The highest BCUT2D eigenvalue weighted by molar-refractivity contribution is 7.89. The van der Waals surface area contributed by atoms with E-state index in [0.717, 1.165) is 0 Å². The quantitative estimate of drug-likeness (QED) is 0.647. The maximum absolute atomic E-state index is 13.9. The Balaban J connectivity index is 1.43. The number of piperidine rings is 1. The number of hydrogen-bond acceptors (Lipinski definition) is 6. The van der Waals surface area contributed by atoms with Crippen molar-refractivity contribution in [2.24, 2.45) is 0 Å². The molecule has 2 heterocycles. The van der Waals surface area contributed by atoms with E-state index >= 15 is 0 Å². The Morgan fingerprint density at radius 1 is 1.10 bits per heavy atom. The first-order valence-electron chi connectivity index (χ1n) is 9.80. The minimum atomic E-state index is -3.65. The van der Waals surface area contributed by atoms with Crippen LogP contribution < -0.4 is 5.32 Å². The van der Waals surface area contributed by atoms with Gasteiger partial charge in [0.15, 0.2) is 0 Å². The fraction of sp³-hybridized carbons (Fsp3) is 0.286. The summed E-state index contributed by atoms with van der Waals surface area (Å²) < 4.78 is 46.9. The van der Waals surface area contributed by atoms with E-state index in [1.165, 1.54) is 29.4 Å². The molecular formula is C21H21FN4O4S. The molecule has 3 aromatic rings. The standard InChI is InChI=1S/C21H21FN4O4S/c1-14(27)23-16-6-8-17(9-7-16)31(28,29)26-12-10-15(11-13-26)20-24-25-21(30-20)18-4-2-3-5-19(18)22/h2-9,15H,10-13H2,1H3,(H,23,27). The van der Waals surface area contributed by atoms with Gasteiger partial charge in [0.25, 0.3) is 5.89 Å². The average molecular weight is 444 g/mol. The van der Waals surface area contributed by atoms with Gasteiger partial charge >= 0.3 is 0 Å². The lowest BCUT2D eigenvalue weighted by molar-refractivity contribution is -0.114. The van der Waals surface area contributed by atoms with Crippen molar-refractivity contribution < 1.29 is 22.0 Å². The number of anilines is 1. The molecule has 0 bridgehead atoms. The second-order valence-electron chi connectivity index (χ2n) is 7.31. The Morgan fingerprint density at radius 3 is 2.42 bits per heavy atom. The van der Waals surface area contributed by atoms with E-state index in [4.69, 9.17) is 4.42 Å². The number of carbonyl (C=O) groups excluding carboxylic acids is 1. The van der Waals surface area contributed by atoms with Gasteiger partial charge in [-0.1, -0.05) is 12.1 Å². The van der Waals surface area contributed by atoms with Gasteiger partial charge in [-0.15, -0.1) is 10.2 Å². The van der Waals surface area contributed by atoms with Crippen LogP contribution in [0.15, 0.2) is 57.8 Å². The molecule has 1 saturated heterocycles. The maximum Gasteiger partial charge on any atom is 0.250 e. The van der Waals surface area contributed by atoms with Crippen LogP contribution in [0.5, 0.6) is 0 Å². The topological polar surface area (TPSA) is 105 Å². The van der Waals surface area contributed by atoms with Crippen molar-refractivity contribution in [1.29, 1.82) is 0 Å². The number of amides is 1. The zero-order chi connectivity index (χ0) is 22.0. The molecule has 10 heteroatoms. The molecule has 0 spiro atoms. The van der Waals surface area contributed by atoms with E-state index in [9.17, 15) is 17.6 Å². The van der Waals surface area contributed by atoms with Gasteiger partial charge in [-0.2, -0.15) is 4.31 Å². The first-order chi connectivity index (χ1) is 14.8. The molecule has 162 valence electrons. The van der Waals surface area contributed by atoms with E-state index in [1.54, 1.807) is 30.3 Å². The predicted octanol–water partition coefficient (Wildman–Crippen LogP) is 3.40. The van der Waals surface area contributed by atoms with Crippen LogP contribution in [0.25, 0.3) is 11.5 Å². The van der Waals surface area contributed by atoms with Gasteiger partial charge in [0.05, 0.1) is 10.5 Å². The summed E-state index contributed by atoms with van der Waals surface area (Å²) in [4.78, 5) is 11.3. The number of sulfonamides is 1. The molecule has 1 fully saturated rings. The summed E-state index contributed by atoms with van der Waals surface area (Å²) in [5.41, 5.74) is 0.774. The molecule has 0 aliphatic carbocycles. The summed E-state index contributed by atoms with van der Waals surface area (Å²) in [6.07, 6.45) is 1.03. The van der Waals surface area contributed by atoms with Crippen molar-refractivity contribution in [2.45, 2.75) is 30.6 Å². The van der Waals surface area contributed by atoms with Crippen molar-refractivity contribution in [2.75, 3.05) is 18.4 Å². The molecule has 8 nitrogen and oxygen atoms in total. The summed E-state index contributed by atoms with van der Waals surface area (Å²) in [5.74, 6) is -0.265. The van der Waals surface area contributed by atoms with E-state index in [0.29, 0.717) is 37.5 Å². The summed E-state index contributed by atoms with van der Waals surface area (Å²) in [6.45, 7) is 1.99. The summed E-state index contributed by atoms with van der Waals surface area (Å²) in [5, 5.41) is 10.6. The van der Waals surface area contributed by atoms with Crippen molar-refractivity contribution >= 4 is 21.6 Å². The highest BCUT2D eigenvalue weighted by atomic mass is 32.2. The van der Waals surface area contributed by atoms with Gasteiger partial charge in [-0.25, -0.2) is 12.8 Å². The first-order valence-corrected chi connectivity index (χ1v) is 11.2. The molecule has 1 aliphatic heterocycles. The van der Waals surface area contributed by atoms with E-state index in [-0.39, 0.29) is 28.2 Å². The van der Waals surface area contributed by atoms with Crippen LogP contribution >= 0.6 is 0 Å². The number of halogens is 1. The van der Waals surface area contributed by atoms with Gasteiger partial charge in [-0.3, -0.25) is 4.79 Å². The van der Waals surface area contributed by atoms with Crippen LogP contribution in [0.4, 0.5) is 10.1 Å². The van der Waals surface area contributed by atoms with Crippen LogP contribution in [0.2, 0.25) is 0 Å². The summed E-state index contributed by atoms with van der Waals surface area (Å²) >= 11 is 0. The molecular weight excluding hydrogens is 423 g/mol. The first kappa shape index (κ1) is 21.1. The highest BCUT2D eigenvalue weighted by Crippen LogP contribution is 2.32. The summed E-state index contributed by atoms with van der Waals surface area (Å²) in [7, 11) is -3.65. The molecule has 4 rings (SSSR count). The highest BCUT2D eigenvalue weighted by Gasteiger charge is 2.32. The largest absolute Gasteiger partial charge is 0.420 e. The Kier molecular flexibility index (Phi) is 5.84. The fourth-order valence-corrected chi connectivity index (χ4v) is 5.02. The van der Waals surface area contributed by atoms with Crippen LogP contribution in [0.1, 0.15) is 31.6 Å². The zero-order valence-electron chi connectivity index (χ0n) is 16.8. The second-order valence-corrected chi connectivity index (χ2v) is 9.25. The molecule has 1 aromatic heterocycles. The monoisotopic (exact) mass is 444 g/mol. The molecule has 31 heavy (non-hydrogen) atoms.